The van der Waals surface area contributed by atoms with Crippen molar-refractivity contribution in [2.45, 2.75) is 42.3 Å². The number of rotatable bonds is 10. The quantitative estimate of drug-likeness (QED) is 0.124. The standard InChI is InChI=1S/C19H24O14S4.Na.H/c1-19(2,15-3-11(7-34(22,23)24)17(20)12(4-15)8-35(25,26)27)16-5-13(9-36(28,29)30)18(21)14(6-16)10-37(31,32)33;;/h3-6,20-21H,7-10H2,1-2H3,(H,22,23,24)(H,25,26,27)(H,28,29,30)(H,31,32,33);;/q;+1;-1. The van der Waals surface area contributed by atoms with Crippen molar-refractivity contribution < 1.29 is 93.1 Å². The minimum absolute atomic E-state index is 0. The molecule has 38 heavy (non-hydrogen) atoms. The van der Waals surface area contributed by atoms with Gasteiger partial charge in [0.05, 0.1) is 0 Å². The third kappa shape index (κ3) is 10.0. The van der Waals surface area contributed by atoms with Crippen molar-refractivity contribution in [2.75, 3.05) is 0 Å². The molecule has 2 rings (SSSR count). The summed E-state index contributed by atoms with van der Waals surface area (Å²) in [4.78, 5) is 0. The monoisotopic (exact) mass is 628 g/mol. The Morgan fingerprint density at radius 2 is 0.737 bits per heavy atom. The van der Waals surface area contributed by atoms with Gasteiger partial charge in [-0.3, -0.25) is 18.2 Å². The van der Waals surface area contributed by atoms with Gasteiger partial charge in [-0.25, -0.2) is 0 Å². The molecule has 0 aliphatic carbocycles. The van der Waals surface area contributed by atoms with Crippen LogP contribution >= 0.6 is 0 Å². The molecule has 0 unspecified atom stereocenters. The Balaban J connectivity index is 0.00000722. The van der Waals surface area contributed by atoms with E-state index < -0.39 is 103 Å². The van der Waals surface area contributed by atoms with Gasteiger partial charge >= 0.3 is 29.6 Å². The van der Waals surface area contributed by atoms with Gasteiger partial charge in [-0.1, -0.05) is 38.1 Å². The third-order valence-corrected chi connectivity index (χ3v) is 8.03. The van der Waals surface area contributed by atoms with Crippen LogP contribution in [0.2, 0.25) is 0 Å². The van der Waals surface area contributed by atoms with E-state index in [0.29, 0.717) is 0 Å². The van der Waals surface area contributed by atoms with E-state index in [1.165, 1.54) is 13.8 Å². The predicted octanol–water partition coefficient (Wildman–Crippen LogP) is -1.91. The van der Waals surface area contributed by atoms with Crippen LogP contribution in [-0.4, -0.2) is 62.1 Å². The van der Waals surface area contributed by atoms with Crippen LogP contribution in [0.15, 0.2) is 24.3 Å². The molecular weight excluding hydrogens is 603 g/mol. The molecule has 0 aliphatic heterocycles. The summed E-state index contributed by atoms with van der Waals surface area (Å²) in [5, 5.41) is 20.8. The number of benzene rings is 2. The van der Waals surface area contributed by atoms with Gasteiger partial charge in [0.2, 0.25) is 0 Å². The first-order valence-electron chi connectivity index (χ1n) is 9.89. The molecule has 0 heterocycles. The molecule has 0 aliphatic rings. The second kappa shape index (κ2) is 11.7. The summed E-state index contributed by atoms with van der Waals surface area (Å²) in [5.41, 5.74) is -3.13. The first kappa shape index (κ1) is 34.7. The van der Waals surface area contributed by atoms with E-state index in [9.17, 15) is 62.1 Å². The Morgan fingerprint density at radius 3 is 0.895 bits per heavy atom. The normalized spacial score (nSPS) is 13.2. The van der Waals surface area contributed by atoms with E-state index in [1.807, 2.05) is 0 Å². The number of phenolic OH excluding ortho intramolecular Hbond substituents is 2. The molecule has 2 aromatic carbocycles. The van der Waals surface area contributed by atoms with E-state index in [1.54, 1.807) is 0 Å². The molecule has 19 heteroatoms. The predicted molar refractivity (Wildman–Crippen MR) is 130 cm³/mol. The molecule has 6 N–H and O–H groups in total. The Morgan fingerprint density at radius 1 is 0.553 bits per heavy atom. The topological polar surface area (TPSA) is 258 Å². The van der Waals surface area contributed by atoms with Crippen molar-refractivity contribution in [3.05, 3.63) is 57.6 Å². The van der Waals surface area contributed by atoms with E-state index in [-0.39, 0.29) is 42.1 Å². The minimum atomic E-state index is -4.74. The zero-order valence-electron chi connectivity index (χ0n) is 21.2. The van der Waals surface area contributed by atoms with Gasteiger partial charge in [0.15, 0.2) is 0 Å². The Bertz CT molecular complexity index is 1430. The molecule has 0 saturated carbocycles. The molecule has 0 aromatic heterocycles. The van der Waals surface area contributed by atoms with Crippen LogP contribution in [-0.2, 0) is 68.9 Å². The van der Waals surface area contributed by atoms with Crippen LogP contribution in [0.1, 0.15) is 48.7 Å². The molecule has 210 valence electrons. The van der Waals surface area contributed by atoms with Crippen LogP contribution in [0.5, 0.6) is 11.5 Å². The third-order valence-electron chi connectivity index (χ3n) is 5.33. The first-order valence-corrected chi connectivity index (χ1v) is 16.3. The molecule has 14 nitrogen and oxygen atoms in total. The molecule has 0 atom stereocenters. The van der Waals surface area contributed by atoms with Gasteiger partial charge in [0.1, 0.15) is 34.5 Å². The zero-order valence-corrected chi connectivity index (χ0v) is 25.5. The van der Waals surface area contributed by atoms with Crippen LogP contribution in [0.4, 0.5) is 0 Å². The maximum Gasteiger partial charge on any atom is 1.00 e. The van der Waals surface area contributed by atoms with Crippen molar-refractivity contribution in [1.29, 1.82) is 0 Å². The Kier molecular flexibility index (Phi) is 10.6. The van der Waals surface area contributed by atoms with Gasteiger partial charge in [-0.05, 0) is 11.1 Å². The number of phenols is 2. The largest absolute Gasteiger partial charge is 1.00 e. The second-order valence-corrected chi connectivity index (χ2v) is 14.6. The molecule has 0 fully saturated rings. The van der Waals surface area contributed by atoms with E-state index in [4.69, 9.17) is 0 Å². The molecule has 0 spiro atoms. The van der Waals surface area contributed by atoms with Crippen LogP contribution in [0.25, 0.3) is 0 Å². The molecule has 2 aromatic rings. The van der Waals surface area contributed by atoms with Crippen molar-refractivity contribution in [3.8, 4) is 11.5 Å². The van der Waals surface area contributed by atoms with Gasteiger partial charge in [0.25, 0.3) is 40.5 Å². The van der Waals surface area contributed by atoms with Crippen molar-refractivity contribution >= 4 is 40.5 Å². The van der Waals surface area contributed by atoms with Gasteiger partial charge in [0, 0.05) is 27.7 Å². The van der Waals surface area contributed by atoms with Crippen LogP contribution < -0.4 is 29.6 Å². The Labute approximate surface area is 243 Å². The summed E-state index contributed by atoms with van der Waals surface area (Å²) in [6.45, 7) is 2.88. The number of aromatic hydroxyl groups is 2. The zero-order chi connectivity index (χ0) is 28.8. The fourth-order valence-corrected chi connectivity index (χ4v) is 6.09. The average Bonchev–Trinajstić information content (AvgIpc) is 2.63. The molecule has 0 bridgehead atoms. The van der Waals surface area contributed by atoms with Gasteiger partial charge in [-0.15, -0.1) is 0 Å². The molecule has 0 radical (unpaired) electrons. The van der Waals surface area contributed by atoms with Gasteiger partial charge < -0.3 is 11.6 Å². The fraction of sp³-hybridized carbons (Fsp3) is 0.368. The molecule has 0 amide bonds. The van der Waals surface area contributed by atoms with Gasteiger partial charge in [-0.2, -0.15) is 33.7 Å². The summed E-state index contributed by atoms with van der Waals surface area (Å²) in [5.74, 6) is -6.31. The summed E-state index contributed by atoms with van der Waals surface area (Å²) in [6, 6.07) is 4.31. The summed E-state index contributed by atoms with van der Waals surface area (Å²) in [6.07, 6.45) is 0. The average molecular weight is 629 g/mol. The van der Waals surface area contributed by atoms with Crippen molar-refractivity contribution in [1.82, 2.24) is 0 Å². The Hall–Kier alpha value is -1.32. The fourth-order valence-electron chi connectivity index (χ4n) is 3.63. The van der Waals surface area contributed by atoms with E-state index in [0.717, 1.165) is 24.3 Å². The smallest absolute Gasteiger partial charge is 1.00 e. The summed E-state index contributed by atoms with van der Waals surface area (Å²) >= 11 is 0. The summed E-state index contributed by atoms with van der Waals surface area (Å²) in [7, 11) is -19.0. The molecular formula is C19H25NaO14S4. The SMILES string of the molecule is CC(C)(c1cc(CS(=O)(=O)O)c(O)c(CS(=O)(=O)O)c1)c1cc(CS(=O)(=O)O)c(O)c(CS(=O)(=O)O)c1.[H-].[Na+]. The minimum Gasteiger partial charge on any atom is -1.00 e. The maximum atomic E-state index is 11.5. The van der Waals surface area contributed by atoms with Crippen LogP contribution in [0, 0.1) is 0 Å². The van der Waals surface area contributed by atoms with Crippen molar-refractivity contribution in [2.24, 2.45) is 0 Å². The van der Waals surface area contributed by atoms with E-state index >= 15 is 0 Å². The maximum absolute atomic E-state index is 11.5. The van der Waals surface area contributed by atoms with E-state index in [2.05, 4.69) is 0 Å². The van der Waals surface area contributed by atoms with Crippen LogP contribution in [0.3, 0.4) is 0 Å². The second-order valence-electron chi connectivity index (χ2n) is 8.82. The number of hydrogen-bond acceptors (Lipinski definition) is 10. The summed E-state index contributed by atoms with van der Waals surface area (Å²) < 4.78 is 129. The molecule has 0 saturated heterocycles. The van der Waals surface area contributed by atoms with Crippen molar-refractivity contribution in [3.63, 3.8) is 0 Å². The number of hydrogen-bond donors (Lipinski definition) is 6. The first-order chi connectivity index (χ1) is 16.4.